The first-order valence-electron chi connectivity index (χ1n) is 6.50. The van der Waals surface area contributed by atoms with Crippen LogP contribution in [0.4, 0.5) is 0 Å². The largest absolute Gasteiger partial charge is 0.463 e. The van der Waals surface area contributed by atoms with Crippen molar-refractivity contribution < 1.29 is 4.42 Å². The van der Waals surface area contributed by atoms with E-state index in [4.69, 9.17) is 4.42 Å². The number of hydrogen-bond donors (Lipinski definition) is 0. The smallest absolute Gasteiger partial charge is 0.206 e. The maximum absolute atomic E-state index is 5.45. The Bertz CT molecular complexity index is 590. The second-order valence-electron chi connectivity index (χ2n) is 4.59. The first-order chi connectivity index (χ1) is 9.22. The first-order valence-corrected chi connectivity index (χ1v) is 7.38. The lowest BCUT2D eigenvalue weighted by molar-refractivity contribution is 0.575. The standard InChI is InChI=1S/C14H19N3OS/c1-4-15-14-17(16-8-7-11(2)3)12(10-19-14)13-6-5-9-18-13/h5-6,8-11H,4,7H2,1-3H3. The zero-order valence-electron chi connectivity index (χ0n) is 11.5. The van der Waals surface area contributed by atoms with E-state index in [1.54, 1.807) is 17.6 Å². The van der Waals surface area contributed by atoms with Gasteiger partial charge >= 0.3 is 0 Å². The summed E-state index contributed by atoms with van der Waals surface area (Å²) in [7, 11) is 0. The van der Waals surface area contributed by atoms with Gasteiger partial charge in [0.25, 0.3) is 0 Å². The molecule has 2 aromatic rings. The molecule has 2 rings (SSSR count). The summed E-state index contributed by atoms with van der Waals surface area (Å²) in [4.78, 5) is 5.36. The number of hydrogen-bond acceptors (Lipinski definition) is 4. The van der Waals surface area contributed by atoms with E-state index < -0.39 is 0 Å². The molecule has 0 unspecified atom stereocenters. The summed E-state index contributed by atoms with van der Waals surface area (Å²) in [5.41, 5.74) is 0.946. The highest BCUT2D eigenvalue weighted by Crippen LogP contribution is 2.20. The molecule has 19 heavy (non-hydrogen) atoms. The van der Waals surface area contributed by atoms with Crippen LogP contribution >= 0.6 is 11.3 Å². The fourth-order valence-electron chi connectivity index (χ4n) is 1.59. The first kappa shape index (κ1) is 13.8. The Morgan fingerprint density at radius 3 is 2.95 bits per heavy atom. The molecule has 0 amide bonds. The minimum atomic E-state index is 0.599. The van der Waals surface area contributed by atoms with E-state index in [0.29, 0.717) is 5.92 Å². The number of thiazole rings is 1. The molecule has 0 saturated carbocycles. The number of nitrogens with zero attached hydrogens (tertiary/aromatic N) is 3. The van der Waals surface area contributed by atoms with Crippen LogP contribution in [0, 0.1) is 5.92 Å². The van der Waals surface area contributed by atoms with Gasteiger partial charge in [0, 0.05) is 18.1 Å². The van der Waals surface area contributed by atoms with E-state index >= 15 is 0 Å². The maximum atomic E-state index is 5.45. The topological polar surface area (TPSA) is 42.8 Å². The third-order valence-electron chi connectivity index (χ3n) is 2.53. The van der Waals surface area contributed by atoms with Gasteiger partial charge in [-0.25, -0.2) is 4.68 Å². The average Bonchev–Trinajstić information content (AvgIpc) is 2.99. The van der Waals surface area contributed by atoms with Gasteiger partial charge in [0.1, 0.15) is 5.69 Å². The van der Waals surface area contributed by atoms with Gasteiger partial charge < -0.3 is 4.42 Å². The Balaban J connectivity index is 2.40. The van der Waals surface area contributed by atoms with Crippen molar-refractivity contribution in [2.24, 2.45) is 16.0 Å². The second-order valence-corrected chi connectivity index (χ2v) is 5.43. The highest BCUT2D eigenvalue weighted by Gasteiger charge is 2.09. The predicted molar refractivity (Wildman–Crippen MR) is 79.5 cm³/mol. The lowest BCUT2D eigenvalue weighted by atomic mass is 10.2. The molecule has 0 aromatic carbocycles. The molecule has 2 aromatic heterocycles. The summed E-state index contributed by atoms with van der Waals surface area (Å²) >= 11 is 1.58. The van der Waals surface area contributed by atoms with Crippen molar-refractivity contribution in [2.45, 2.75) is 27.2 Å². The van der Waals surface area contributed by atoms with E-state index in [2.05, 4.69) is 23.9 Å². The van der Waals surface area contributed by atoms with Crippen LogP contribution in [0.5, 0.6) is 0 Å². The Kier molecular flexibility index (Phi) is 4.74. The molecule has 0 saturated heterocycles. The fraction of sp³-hybridized carbons (Fsp3) is 0.429. The van der Waals surface area contributed by atoms with Crippen molar-refractivity contribution in [1.82, 2.24) is 4.68 Å². The molecule has 102 valence electrons. The van der Waals surface area contributed by atoms with Gasteiger partial charge in [0.2, 0.25) is 4.80 Å². The third kappa shape index (κ3) is 3.44. The van der Waals surface area contributed by atoms with E-state index in [1.807, 2.05) is 35.3 Å². The Hall–Kier alpha value is -1.62. The summed E-state index contributed by atoms with van der Waals surface area (Å²) < 4.78 is 7.31. The number of aromatic nitrogens is 1. The Morgan fingerprint density at radius 1 is 1.47 bits per heavy atom. The van der Waals surface area contributed by atoms with Gasteiger partial charge in [-0.1, -0.05) is 13.8 Å². The monoisotopic (exact) mass is 277 g/mol. The maximum Gasteiger partial charge on any atom is 0.206 e. The van der Waals surface area contributed by atoms with Crippen LogP contribution in [0.1, 0.15) is 27.2 Å². The molecule has 0 aliphatic carbocycles. The lowest BCUT2D eigenvalue weighted by Crippen LogP contribution is -2.12. The van der Waals surface area contributed by atoms with Gasteiger partial charge in [-0.05, 0) is 31.4 Å². The van der Waals surface area contributed by atoms with Crippen molar-refractivity contribution in [2.75, 3.05) is 6.54 Å². The molecule has 0 atom stereocenters. The fourth-order valence-corrected chi connectivity index (χ4v) is 2.47. The summed E-state index contributed by atoms with van der Waals surface area (Å²) in [6.45, 7) is 7.12. The van der Waals surface area contributed by atoms with Crippen molar-refractivity contribution >= 4 is 17.6 Å². The van der Waals surface area contributed by atoms with Crippen molar-refractivity contribution in [3.05, 3.63) is 28.6 Å². The molecule has 2 heterocycles. The molecule has 0 N–H and O–H groups in total. The van der Waals surface area contributed by atoms with Gasteiger partial charge in [-0.3, -0.25) is 4.99 Å². The van der Waals surface area contributed by atoms with E-state index in [1.165, 1.54) is 0 Å². The minimum Gasteiger partial charge on any atom is -0.463 e. The second kappa shape index (κ2) is 6.52. The highest BCUT2D eigenvalue weighted by atomic mass is 32.1. The van der Waals surface area contributed by atoms with Crippen LogP contribution in [-0.4, -0.2) is 17.4 Å². The summed E-state index contributed by atoms with van der Waals surface area (Å²) in [6, 6.07) is 3.82. The lowest BCUT2D eigenvalue weighted by Gasteiger charge is -2.01. The molecule has 5 heteroatoms. The zero-order chi connectivity index (χ0) is 13.7. The van der Waals surface area contributed by atoms with Crippen LogP contribution < -0.4 is 4.80 Å². The predicted octanol–water partition coefficient (Wildman–Crippen LogP) is 3.61. The molecule has 0 bridgehead atoms. The summed E-state index contributed by atoms with van der Waals surface area (Å²) in [5, 5.41) is 6.56. The molecule has 4 nitrogen and oxygen atoms in total. The molecule has 0 spiro atoms. The Labute approximate surface area is 117 Å². The zero-order valence-corrected chi connectivity index (χ0v) is 12.4. The van der Waals surface area contributed by atoms with Crippen molar-refractivity contribution in [3.63, 3.8) is 0 Å². The van der Waals surface area contributed by atoms with Crippen LogP contribution in [0.3, 0.4) is 0 Å². The number of furan rings is 1. The molecule has 0 aliphatic rings. The van der Waals surface area contributed by atoms with Gasteiger partial charge in [0.05, 0.1) is 6.26 Å². The van der Waals surface area contributed by atoms with E-state index in [0.717, 1.165) is 29.2 Å². The Morgan fingerprint density at radius 2 is 2.32 bits per heavy atom. The quantitative estimate of drug-likeness (QED) is 0.770. The van der Waals surface area contributed by atoms with Crippen molar-refractivity contribution in [3.8, 4) is 11.5 Å². The summed E-state index contributed by atoms with van der Waals surface area (Å²) in [6.07, 6.45) is 4.57. The van der Waals surface area contributed by atoms with E-state index in [9.17, 15) is 0 Å². The number of rotatable bonds is 5. The molecular formula is C14H19N3OS. The summed E-state index contributed by atoms with van der Waals surface area (Å²) in [5.74, 6) is 1.41. The normalized spacial score (nSPS) is 12.9. The van der Waals surface area contributed by atoms with Gasteiger partial charge in [-0.15, -0.1) is 11.3 Å². The molecule has 0 radical (unpaired) electrons. The highest BCUT2D eigenvalue weighted by molar-refractivity contribution is 7.07. The van der Waals surface area contributed by atoms with Gasteiger partial charge in [0.15, 0.2) is 5.76 Å². The average molecular weight is 277 g/mol. The van der Waals surface area contributed by atoms with Gasteiger partial charge in [-0.2, -0.15) is 5.10 Å². The van der Waals surface area contributed by atoms with E-state index in [-0.39, 0.29) is 0 Å². The molecular weight excluding hydrogens is 258 g/mol. The van der Waals surface area contributed by atoms with Crippen LogP contribution in [-0.2, 0) is 0 Å². The minimum absolute atomic E-state index is 0.599. The van der Waals surface area contributed by atoms with Crippen LogP contribution in [0.2, 0.25) is 0 Å². The molecule has 0 aliphatic heterocycles. The molecule has 0 fully saturated rings. The van der Waals surface area contributed by atoms with Crippen molar-refractivity contribution in [1.29, 1.82) is 0 Å². The van der Waals surface area contributed by atoms with Crippen LogP contribution in [0.25, 0.3) is 11.5 Å². The SMILES string of the molecule is CCN=c1scc(-c2ccco2)n1N=CCC(C)C. The van der Waals surface area contributed by atoms with Crippen LogP contribution in [0.15, 0.2) is 38.3 Å². The third-order valence-corrected chi connectivity index (χ3v) is 3.38.